The van der Waals surface area contributed by atoms with E-state index >= 15 is 0 Å². The van der Waals surface area contributed by atoms with E-state index in [1.807, 2.05) is 0 Å². The molecular formula is C14H15N3O6S. The van der Waals surface area contributed by atoms with Gasteiger partial charge in [-0.05, 0) is 12.1 Å². The molecule has 0 saturated carbocycles. The molecule has 1 aromatic carbocycles. The van der Waals surface area contributed by atoms with E-state index < -0.39 is 12.6 Å². The summed E-state index contributed by atoms with van der Waals surface area (Å²) in [5, 5.41) is 19.5. The van der Waals surface area contributed by atoms with E-state index in [0.29, 0.717) is 28.0 Å². The molecule has 0 atom stereocenters. The third-order valence-electron chi connectivity index (χ3n) is 2.76. The molecule has 0 radical (unpaired) electrons. The maximum atomic E-state index is 11.0. The first kappa shape index (κ1) is 17.6. The molecule has 10 heteroatoms. The first-order chi connectivity index (χ1) is 11.5. The van der Waals surface area contributed by atoms with Crippen LogP contribution in [0, 0.1) is 0 Å². The second-order valence-electron chi connectivity index (χ2n) is 4.42. The van der Waals surface area contributed by atoms with Crippen molar-refractivity contribution in [3.05, 3.63) is 17.7 Å². The molecule has 9 nitrogen and oxygen atoms in total. The number of carboxylic acids is 1. The van der Waals surface area contributed by atoms with E-state index in [0.717, 1.165) is 0 Å². The van der Waals surface area contributed by atoms with Crippen molar-refractivity contribution in [1.29, 1.82) is 0 Å². The van der Waals surface area contributed by atoms with E-state index in [1.54, 1.807) is 12.1 Å². The maximum absolute atomic E-state index is 11.0. The quantitative estimate of drug-likeness (QED) is 0.547. The van der Waals surface area contributed by atoms with Crippen LogP contribution in [0.4, 0.5) is 0 Å². The lowest BCUT2D eigenvalue weighted by Gasteiger charge is -2.14. The topological polar surface area (TPSA) is 119 Å². The third-order valence-corrected chi connectivity index (χ3v) is 3.63. The highest BCUT2D eigenvalue weighted by atomic mass is 32.2. The number of benzene rings is 1. The van der Waals surface area contributed by atoms with Crippen molar-refractivity contribution in [2.75, 3.05) is 26.6 Å². The van der Waals surface area contributed by atoms with Crippen LogP contribution >= 0.6 is 11.8 Å². The molecular weight excluding hydrogens is 338 g/mol. The van der Waals surface area contributed by atoms with Crippen molar-refractivity contribution in [2.24, 2.45) is 10.2 Å². The van der Waals surface area contributed by atoms with Crippen LogP contribution in [0.1, 0.15) is 5.56 Å². The van der Waals surface area contributed by atoms with Crippen LogP contribution in [0.3, 0.4) is 0 Å². The summed E-state index contributed by atoms with van der Waals surface area (Å²) in [5.74, 6) is -0.120. The standard InChI is InChI=1S/C14H15N3O6S/c1-21-9-3-8(5-15-17-14-16-11(18)7-24-14)4-10(22-2)13(9)23-6-12(19)20/h3-5H,6-7H2,1-2H3,(H,19,20)(H,16,17,18). The molecule has 0 spiro atoms. The summed E-state index contributed by atoms with van der Waals surface area (Å²) in [6.07, 6.45) is 1.45. The molecule has 128 valence electrons. The first-order valence-corrected chi connectivity index (χ1v) is 7.66. The molecule has 1 amide bonds. The summed E-state index contributed by atoms with van der Waals surface area (Å²) in [6.45, 7) is -0.523. The lowest BCUT2D eigenvalue weighted by molar-refractivity contribution is -0.139. The number of carboxylic acid groups (broad SMARTS) is 1. The third kappa shape index (κ3) is 4.62. The van der Waals surface area contributed by atoms with E-state index in [1.165, 1.54) is 32.2 Å². The van der Waals surface area contributed by atoms with Crippen LogP contribution in [-0.4, -0.2) is 54.9 Å². The Hall–Kier alpha value is -2.75. The molecule has 1 heterocycles. The SMILES string of the molecule is COc1cc(C=NN=C2NC(=O)CS2)cc(OC)c1OCC(=O)O. The van der Waals surface area contributed by atoms with Gasteiger partial charge in [0.2, 0.25) is 11.7 Å². The molecule has 1 aromatic rings. The fourth-order valence-corrected chi connectivity index (χ4v) is 2.41. The van der Waals surface area contributed by atoms with Crippen LogP contribution < -0.4 is 19.5 Å². The molecule has 1 aliphatic heterocycles. The Balaban J connectivity index is 2.21. The van der Waals surface area contributed by atoms with Gasteiger partial charge in [0, 0.05) is 5.56 Å². The summed E-state index contributed by atoms with van der Waals surface area (Å²) >= 11 is 1.26. The predicted molar refractivity (Wildman–Crippen MR) is 88.3 cm³/mol. The number of methoxy groups -OCH3 is 2. The van der Waals surface area contributed by atoms with Gasteiger partial charge in [-0.3, -0.25) is 4.79 Å². The zero-order valence-electron chi connectivity index (χ0n) is 12.9. The summed E-state index contributed by atoms with van der Waals surface area (Å²) in [6, 6.07) is 3.20. The van der Waals surface area contributed by atoms with Gasteiger partial charge in [-0.25, -0.2) is 4.79 Å². The summed E-state index contributed by atoms with van der Waals surface area (Å²) in [4.78, 5) is 21.7. The fraction of sp³-hybridized carbons (Fsp3) is 0.286. The molecule has 0 aliphatic carbocycles. The summed E-state index contributed by atoms with van der Waals surface area (Å²) in [5.41, 5.74) is 0.602. The highest BCUT2D eigenvalue weighted by Gasteiger charge is 2.17. The number of carbonyl (C=O) groups is 2. The van der Waals surface area contributed by atoms with E-state index in [4.69, 9.17) is 19.3 Å². The number of rotatable bonds is 7. The lowest BCUT2D eigenvalue weighted by Crippen LogP contribution is -2.19. The number of aliphatic carboxylic acids is 1. The number of ether oxygens (including phenoxy) is 3. The van der Waals surface area contributed by atoms with Crippen LogP contribution in [0.2, 0.25) is 0 Å². The molecule has 0 aromatic heterocycles. The maximum Gasteiger partial charge on any atom is 0.341 e. The van der Waals surface area contributed by atoms with Crippen LogP contribution in [0.5, 0.6) is 17.2 Å². The number of hydrogen-bond donors (Lipinski definition) is 2. The van der Waals surface area contributed by atoms with Gasteiger partial charge in [-0.1, -0.05) is 11.8 Å². The molecule has 1 fully saturated rings. The second-order valence-corrected chi connectivity index (χ2v) is 5.39. The monoisotopic (exact) mass is 353 g/mol. The Bertz CT molecular complexity index is 679. The Labute approximate surface area is 141 Å². The minimum Gasteiger partial charge on any atom is -0.493 e. The largest absolute Gasteiger partial charge is 0.493 e. The molecule has 0 unspecified atom stereocenters. The number of hydrogen-bond acceptors (Lipinski definition) is 8. The van der Waals surface area contributed by atoms with Crippen LogP contribution in [0.15, 0.2) is 22.3 Å². The molecule has 24 heavy (non-hydrogen) atoms. The number of amides is 1. The second kappa shape index (κ2) is 8.20. The Morgan fingerprint density at radius 2 is 2.04 bits per heavy atom. The summed E-state index contributed by atoms with van der Waals surface area (Å²) < 4.78 is 15.6. The number of nitrogens with one attached hydrogen (secondary N) is 1. The zero-order chi connectivity index (χ0) is 17.5. The van der Waals surface area contributed by atoms with Gasteiger partial charge in [0.05, 0.1) is 26.2 Å². The smallest absolute Gasteiger partial charge is 0.341 e. The average Bonchev–Trinajstić information content (AvgIpc) is 2.97. The predicted octanol–water partition coefficient (Wildman–Crippen LogP) is 0.720. The van der Waals surface area contributed by atoms with Gasteiger partial charge in [0.25, 0.3) is 0 Å². The van der Waals surface area contributed by atoms with Gasteiger partial charge in [0.1, 0.15) is 0 Å². The highest BCUT2D eigenvalue weighted by Crippen LogP contribution is 2.38. The molecule has 2 rings (SSSR count). The normalized spacial score (nSPS) is 15.6. The Morgan fingerprint density at radius 1 is 1.38 bits per heavy atom. The van der Waals surface area contributed by atoms with E-state index in [-0.39, 0.29) is 11.7 Å². The van der Waals surface area contributed by atoms with Gasteiger partial charge in [-0.2, -0.15) is 5.10 Å². The minimum atomic E-state index is -1.11. The highest BCUT2D eigenvalue weighted by molar-refractivity contribution is 8.15. The minimum absolute atomic E-state index is 0.114. The van der Waals surface area contributed by atoms with Crippen LogP contribution in [0.25, 0.3) is 0 Å². The van der Waals surface area contributed by atoms with E-state index in [2.05, 4.69) is 15.5 Å². The van der Waals surface area contributed by atoms with Crippen molar-refractivity contribution in [3.63, 3.8) is 0 Å². The molecule has 1 saturated heterocycles. The van der Waals surface area contributed by atoms with Gasteiger partial charge < -0.3 is 24.6 Å². The average molecular weight is 353 g/mol. The number of thioether (sulfide) groups is 1. The summed E-state index contributed by atoms with van der Waals surface area (Å²) in [7, 11) is 2.85. The number of nitrogens with zero attached hydrogens (tertiary/aromatic N) is 2. The van der Waals surface area contributed by atoms with Gasteiger partial charge in [0.15, 0.2) is 23.3 Å². The van der Waals surface area contributed by atoms with Crippen molar-refractivity contribution in [3.8, 4) is 17.2 Å². The number of carbonyl (C=O) groups excluding carboxylic acids is 1. The number of amidine groups is 1. The van der Waals surface area contributed by atoms with Crippen molar-refractivity contribution >= 4 is 35.0 Å². The lowest BCUT2D eigenvalue weighted by atomic mass is 10.2. The van der Waals surface area contributed by atoms with Gasteiger partial charge in [-0.15, -0.1) is 5.10 Å². The van der Waals surface area contributed by atoms with E-state index in [9.17, 15) is 9.59 Å². The Morgan fingerprint density at radius 3 is 2.54 bits per heavy atom. The Kier molecular flexibility index (Phi) is 6.01. The van der Waals surface area contributed by atoms with Crippen molar-refractivity contribution < 1.29 is 28.9 Å². The van der Waals surface area contributed by atoms with Gasteiger partial charge >= 0.3 is 5.97 Å². The fourth-order valence-electron chi connectivity index (χ4n) is 1.78. The molecule has 1 aliphatic rings. The first-order valence-electron chi connectivity index (χ1n) is 6.67. The zero-order valence-corrected chi connectivity index (χ0v) is 13.8. The molecule has 0 bridgehead atoms. The van der Waals surface area contributed by atoms with Crippen LogP contribution in [-0.2, 0) is 9.59 Å². The molecule has 2 N–H and O–H groups in total. The van der Waals surface area contributed by atoms with Crippen molar-refractivity contribution in [1.82, 2.24) is 5.32 Å². The van der Waals surface area contributed by atoms with Crippen molar-refractivity contribution in [2.45, 2.75) is 0 Å².